The topological polar surface area (TPSA) is 64.7 Å². The fourth-order valence-corrected chi connectivity index (χ4v) is 4.97. The van der Waals surface area contributed by atoms with Gasteiger partial charge in [-0.1, -0.05) is 12.1 Å². The van der Waals surface area contributed by atoms with Gasteiger partial charge in [0, 0.05) is 24.9 Å². The highest BCUT2D eigenvalue weighted by atomic mass is 19.1. The molecule has 0 unspecified atom stereocenters. The smallest absolute Gasteiger partial charge is 0.408 e. The van der Waals surface area contributed by atoms with E-state index >= 15 is 0 Å². The van der Waals surface area contributed by atoms with Crippen molar-refractivity contribution in [3.8, 4) is 0 Å². The van der Waals surface area contributed by atoms with Crippen molar-refractivity contribution in [2.75, 3.05) is 6.61 Å². The second kappa shape index (κ2) is 8.50. The van der Waals surface area contributed by atoms with E-state index in [9.17, 15) is 18.4 Å². The van der Waals surface area contributed by atoms with Gasteiger partial charge in [0.2, 0.25) is 5.91 Å². The molecule has 0 bridgehead atoms. The number of nitrogens with zero attached hydrogens (tertiary/aromatic N) is 2. The number of hydrogen-bond acceptors (Lipinski definition) is 4. The zero-order valence-electron chi connectivity index (χ0n) is 17.5. The molecule has 1 aromatic heterocycles. The first-order valence-corrected chi connectivity index (χ1v) is 11.0. The van der Waals surface area contributed by atoms with E-state index in [1.54, 1.807) is 10.6 Å². The first-order chi connectivity index (χ1) is 15.5. The quantitative estimate of drug-likeness (QED) is 0.593. The molecule has 1 saturated carbocycles. The Hall–Kier alpha value is -3.00. The van der Waals surface area contributed by atoms with Gasteiger partial charge in [0.25, 0.3) is 0 Å². The van der Waals surface area contributed by atoms with Crippen LogP contribution in [0.5, 0.6) is 0 Å². The Kier molecular flexibility index (Phi) is 5.55. The zero-order valence-corrected chi connectivity index (χ0v) is 17.5. The lowest BCUT2D eigenvalue weighted by molar-refractivity contribution is -0.183. The Balaban J connectivity index is 1.24. The maximum atomic E-state index is 13.7. The van der Waals surface area contributed by atoms with Gasteiger partial charge in [-0.15, -0.1) is 0 Å². The molecule has 3 aromatic rings. The van der Waals surface area contributed by atoms with Crippen LogP contribution in [-0.2, 0) is 16.2 Å². The summed E-state index contributed by atoms with van der Waals surface area (Å²) in [6, 6.07) is 10.2. The first-order valence-electron chi connectivity index (χ1n) is 11.0. The van der Waals surface area contributed by atoms with Crippen molar-refractivity contribution >= 4 is 17.0 Å². The monoisotopic (exact) mass is 442 g/mol. The van der Waals surface area contributed by atoms with E-state index in [1.807, 2.05) is 18.2 Å². The normalized spacial score (nSPS) is 23.7. The summed E-state index contributed by atoms with van der Waals surface area (Å²) in [6.07, 6.45) is 3.46. The number of rotatable bonds is 4. The highest BCUT2D eigenvalue weighted by Gasteiger charge is 2.37. The first kappa shape index (κ1) is 20.9. The lowest BCUT2D eigenvalue weighted by atomic mass is 9.81. The fourth-order valence-electron chi connectivity index (χ4n) is 4.97. The SMILES string of the molecule is O=c1oc2ccccc2n1C[C@H]1CC[C@H](C(=O)N2OCC[C@H]2c2cc(F)cc(F)c2)CC1. The molecule has 1 amide bonds. The molecule has 168 valence electrons. The highest BCUT2D eigenvalue weighted by Crippen LogP contribution is 2.37. The molecule has 6 nitrogen and oxygen atoms in total. The number of amides is 1. The standard InChI is InChI=1S/C24H24F2N2O4/c25-18-11-17(12-19(26)13-18)20-9-10-31-28(20)23(29)16-7-5-15(6-8-16)14-27-21-3-1-2-4-22(21)32-24(27)30/h1-4,11-13,15-16,20H,5-10,14H2/t15-,16-,20-/m0/s1. The molecule has 8 heteroatoms. The van der Waals surface area contributed by atoms with Crippen molar-refractivity contribution in [1.29, 1.82) is 0 Å². The predicted molar refractivity (Wildman–Crippen MR) is 112 cm³/mol. The number of oxazole rings is 1. The van der Waals surface area contributed by atoms with Crippen LogP contribution >= 0.6 is 0 Å². The number of benzene rings is 2. The number of carbonyl (C=O) groups excluding carboxylic acids is 1. The molecule has 2 aromatic carbocycles. The van der Waals surface area contributed by atoms with Gasteiger partial charge < -0.3 is 4.42 Å². The van der Waals surface area contributed by atoms with Gasteiger partial charge in [-0.3, -0.25) is 14.2 Å². The van der Waals surface area contributed by atoms with Crippen LogP contribution in [-0.4, -0.2) is 22.1 Å². The summed E-state index contributed by atoms with van der Waals surface area (Å²) in [5.41, 5.74) is 1.77. The summed E-state index contributed by atoms with van der Waals surface area (Å²) >= 11 is 0. The molecule has 2 heterocycles. The summed E-state index contributed by atoms with van der Waals surface area (Å²) in [5.74, 6) is -1.77. The van der Waals surface area contributed by atoms with Crippen molar-refractivity contribution in [2.24, 2.45) is 11.8 Å². The van der Waals surface area contributed by atoms with E-state index in [1.165, 1.54) is 17.2 Å². The van der Waals surface area contributed by atoms with E-state index in [2.05, 4.69) is 0 Å². The Morgan fingerprint density at radius 1 is 1.00 bits per heavy atom. The maximum absolute atomic E-state index is 13.7. The summed E-state index contributed by atoms with van der Waals surface area (Å²) < 4.78 is 34.3. The Morgan fingerprint density at radius 2 is 1.72 bits per heavy atom. The van der Waals surface area contributed by atoms with Gasteiger partial charge in [0.1, 0.15) is 11.6 Å². The van der Waals surface area contributed by atoms with Crippen molar-refractivity contribution in [1.82, 2.24) is 9.63 Å². The van der Waals surface area contributed by atoms with Crippen molar-refractivity contribution in [2.45, 2.75) is 44.7 Å². The molecule has 5 rings (SSSR count). The molecule has 1 aliphatic heterocycles. The molecule has 0 radical (unpaired) electrons. The number of hydrogen-bond donors (Lipinski definition) is 0. The summed E-state index contributed by atoms with van der Waals surface area (Å²) in [7, 11) is 0. The highest BCUT2D eigenvalue weighted by molar-refractivity contribution is 5.78. The average molecular weight is 442 g/mol. The van der Waals surface area contributed by atoms with E-state index in [4.69, 9.17) is 9.25 Å². The molecule has 0 N–H and O–H groups in total. The van der Waals surface area contributed by atoms with Crippen molar-refractivity contribution in [3.05, 3.63) is 70.2 Å². The minimum Gasteiger partial charge on any atom is -0.408 e. The molecule has 2 fully saturated rings. The van der Waals surface area contributed by atoms with Gasteiger partial charge in [-0.2, -0.15) is 0 Å². The van der Waals surface area contributed by atoms with Crippen LogP contribution < -0.4 is 5.76 Å². The van der Waals surface area contributed by atoms with Gasteiger partial charge in [0.15, 0.2) is 5.58 Å². The molecule has 32 heavy (non-hydrogen) atoms. The molecule has 1 saturated heterocycles. The van der Waals surface area contributed by atoms with Gasteiger partial charge in [0.05, 0.1) is 18.2 Å². The summed E-state index contributed by atoms with van der Waals surface area (Å²) in [6.45, 7) is 0.891. The Bertz CT molecular complexity index is 1180. The van der Waals surface area contributed by atoms with Crippen LogP contribution in [0.15, 0.2) is 51.7 Å². The van der Waals surface area contributed by atoms with Crippen LogP contribution in [0.25, 0.3) is 11.1 Å². The van der Waals surface area contributed by atoms with Crippen LogP contribution in [0.1, 0.15) is 43.7 Å². The molecular weight excluding hydrogens is 418 g/mol. The average Bonchev–Trinajstić information content (AvgIpc) is 3.38. The van der Waals surface area contributed by atoms with Crippen molar-refractivity contribution in [3.63, 3.8) is 0 Å². The van der Waals surface area contributed by atoms with Crippen molar-refractivity contribution < 1.29 is 22.8 Å². The van der Waals surface area contributed by atoms with Gasteiger partial charge >= 0.3 is 5.76 Å². The van der Waals surface area contributed by atoms with E-state index in [0.717, 1.165) is 24.4 Å². The van der Waals surface area contributed by atoms with E-state index in [-0.39, 0.29) is 23.5 Å². The zero-order chi connectivity index (χ0) is 22.2. The molecule has 2 aliphatic rings. The second-order valence-electron chi connectivity index (χ2n) is 8.67. The fraction of sp³-hybridized carbons (Fsp3) is 0.417. The van der Waals surface area contributed by atoms with Gasteiger partial charge in [-0.05, 0) is 61.4 Å². The number of fused-ring (bicyclic) bond motifs is 1. The van der Waals surface area contributed by atoms with Crippen LogP contribution in [0, 0.1) is 23.5 Å². The molecule has 1 aliphatic carbocycles. The number of para-hydroxylation sites is 2. The largest absolute Gasteiger partial charge is 0.419 e. The van der Waals surface area contributed by atoms with Gasteiger partial charge in [-0.25, -0.2) is 18.6 Å². The van der Waals surface area contributed by atoms with Crippen LogP contribution in [0.2, 0.25) is 0 Å². The van der Waals surface area contributed by atoms with Crippen LogP contribution in [0.4, 0.5) is 8.78 Å². The Morgan fingerprint density at radius 3 is 2.47 bits per heavy atom. The summed E-state index contributed by atoms with van der Waals surface area (Å²) in [5, 5.41) is 1.31. The molecule has 0 spiro atoms. The Labute approximate surface area is 183 Å². The lowest BCUT2D eigenvalue weighted by Crippen LogP contribution is -2.37. The number of carbonyl (C=O) groups is 1. The third kappa shape index (κ3) is 3.95. The lowest BCUT2D eigenvalue weighted by Gasteiger charge is -2.32. The third-order valence-electron chi connectivity index (χ3n) is 6.60. The number of hydroxylamine groups is 2. The number of halogens is 2. The number of aromatic nitrogens is 1. The van der Waals surface area contributed by atoms with E-state index < -0.39 is 17.7 Å². The second-order valence-corrected chi connectivity index (χ2v) is 8.67. The van der Waals surface area contributed by atoms with Crippen LogP contribution in [0.3, 0.4) is 0 Å². The minimum absolute atomic E-state index is 0.137. The minimum atomic E-state index is -0.665. The summed E-state index contributed by atoms with van der Waals surface area (Å²) in [4.78, 5) is 31.0. The molecular formula is C24H24F2N2O4. The van der Waals surface area contributed by atoms with E-state index in [0.29, 0.717) is 43.6 Å². The third-order valence-corrected chi connectivity index (χ3v) is 6.60. The molecule has 1 atom stereocenters. The predicted octanol–water partition coefficient (Wildman–Crippen LogP) is 4.58. The maximum Gasteiger partial charge on any atom is 0.419 e.